The normalized spacial score (nSPS) is 11.1. The van der Waals surface area contributed by atoms with E-state index in [1.165, 1.54) is 0 Å². The second kappa shape index (κ2) is 8.00. The predicted octanol–water partition coefficient (Wildman–Crippen LogP) is 3.75. The van der Waals surface area contributed by atoms with Gasteiger partial charge in [-0.3, -0.25) is 9.05 Å². The van der Waals surface area contributed by atoms with Gasteiger partial charge in [-0.2, -0.15) is 0 Å². The van der Waals surface area contributed by atoms with Crippen molar-refractivity contribution in [2.24, 2.45) is 0 Å². The molecule has 0 amide bonds. The zero-order chi connectivity index (χ0) is 15.0. The van der Waals surface area contributed by atoms with Crippen LogP contribution in [-0.2, 0) is 24.6 Å². The minimum atomic E-state index is -3.86. The molecule has 5 nitrogen and oxygen atoms in total. The van der Waals surface area contributed by atoms with Crippen LogP contribution in [0.4, 0.5) is 0 Å². The molecule has 110 valence electrons. The molecular weight excluding hydrogens is 279 g/mol. The number of benzene rings is 1. The lowest BCUT2D eigenvalue weighted by atomic mass is 10.1. The maximum atomic E-state index is 12.2. The smallest absolute Gasteiger partial charge is 0.367 e. The van der Waals surface area contributed by atoms with Crippen LogP contribution in [0.25, 0.3) is 0 Å². The Labute approximate surface area is 119 Å². The molecule has 1 aromatic carbocycles. The van der Waals surface area contributed by atoms with E-state index in [0.29, 0.717) is 12.0 Å². The summed E-state index contributed by atoms with van der Waals surface area (Å²) < 4.78 is 27.0. The molecule has 0 bridgehead atoms. The van der Waals surface area contributed by atoms with Gasteiger partial charge >= 0.3 is 13.8 Å². The van der Waals surface area contributed by atoms with Gasteiger partial charge in [-0.15, -0.1) is 6.58 Å². The molecule has 0 fully saturated rings. The minimum Gasteiger partial charge on any atom is -0.367 e. The Morgan fingerprint density at radius 1 is 1.25 bits per heavy atom. The molecule has 0 aliphatic rings. The quantitative estimate of drug-likeness (QED) is 0.540. The van der Waals surface area contributed by atoms with Crippen LogP contribution < -0.4 is 0 Å². The first-order valence-electron chi connectivity index (χ1n) is 6.38. The van der Waals surface area contributed by atoms with Crippen molar-refractivity contribution >= 4 is 13.8 Å². The summed E-state index contributed by atoms with van der Waals surface area (Å²) in [6.45, 7) is 7.17. The number of hydrogen-bond donors (Lipinski definition) is 0. The van der Waals surface area contributed by atoms with E-state index in [2.05, 4.69) is 6.58 Å². The van der Waals surface area contributed by atoms with Crippen molar-refractivity contribution in [1.29, 1.82) is 0 Å². The van der Waals surface area contributed by atoms with Gasteiger partial charge in [0.1, 0.15) is 0 Å². The van der Waals surface area contributed by atoms with Crippen LogP contribution in [0.5, 0.6) is 0 Å². The Bertz CT molecular complexity index is 502. The van der Waals surface area contributed by atoms with Crippen molar-refractivity contribution in [2.75, 3.05) is 13.2 Å². The van der Waals surface area contributed by atoms with E-state index >= 15 is 0 Å². The van der Waals surface area contributed by atoms with Gasteiger partial charge in [-0.25, -0.2) is 9.36 Å². The number of allylic oxidation sites excluding steroid dienone is 1. The van der Waals surface area contributed by atoms with Crippen LogP contribution >= 0.6 is 7.82 Å². The van der Waals surface area contributed by atoms with Crippen LogP contribution in [0.1, 0.15) is 29.8 Å². The molecule has 0 aliphatic carbocycles. The van der Waals surface area contributed by atoms with Crippen molar-refractivity contribution < 1.29 is 22.9 Å². The second-order valence-electron chi connectivity index (χ2n) is 3.81. The van der Waals surface area contributed by atoms with Crippen molar-refractivity contribution in [1.82, 2.24) is 0 Å². The fraction of sp³-hybridized carbons (Fsp3) is 0.357. The zero-order valence-electron chi connectivity index (χ0n) is 11.7. The van der Waals surface area contributed by atoms with E-state index in [1.807, 2.05) is 0 Å². The molecule has 6 heteroatoms. The molecule has 0 N–H and O–H groups in total. The number of carbonyl (C=O) groups is 1. The molecular formula is C14H19O5P. The Kier molecular flexibility index (Phi) is 6.65. The summed E-state index contributed by atoms with van der Waals surface area (Å²) >= 11 is 0. The fourth-order valence-corrected chi connectivity index (χ4v) is 2.72. The fourth-order valence-electron chi connectivity index (χ4n) is 1.61. The number of phosphoric ester groups is 1. The largest absolute Gasteiger partial charge is 0.532 e. The average molecular weight is 298 g/mol. The third kappa shape index (κ3) is 4.60. The van der Waals surface area contributed by atoms with Crippen molar-refractivity contribution in [2.45, 2.75) is 20.3 Å². The molecule has 0 atom stereocenters. The molecule has 0 aromatic heterocycles. The van der Waals surface area contributed by atoms with Crippen LogP contribution in [0.2, 0.25) is 0 Å². The Morgan fingerprint density at radius 3 is 2.40 bits per heavy atom. The van der Waals surface area contributed by atoms with Gasteiger partial charge in [0.2, 0.25) is 0 Å². The molecule has 0 unspecified atom stereocenters. The summed E-state index contributed by atoms with van der Waals surface area (Å²) in [5.74, 6) is -0.729. The van der Waals surface area contributed by atoms with Crippen molar-refractivity contribution in [3.63, 3.8) is 0 Å². The maximum absolute atomic E-state index is 12.2. The second-order valence-corrected chi connectivity index (χ2v) is 5.40. The summed E-state index contributed by atoms with van der Waals surface area (Å²) in [7, 11) is -3.86. The number of rotatable bonds is 8. The standard InChI is InChI=1S/C14H19O5P/c1-4-9-12-10-7-8-11-13(12)14(15)19-20(16,17-5-2)18-6-3/h4,7-8,10-11H,1,5-6,9H2,2-3H3. The van der Waals surface area contributed by atoms with E-state index < -0.39 is 13.8 Å². The zero-order valence-corrected chi connectivity index (χ0v) is 12.6. The number of carbonyl (C=O) groups excluding carboxylic acids is 1. The van der Waals surface area contributed by atoms with E-state index in [4.69, 9.17) is 13.6 Å². The monoisotopic (exact) mass is 298 g/mol. The Morgan fingerprint density at radius 2 is 1.85 bits per heavy atom. The van der Waals surface area contributed by atoms with E-state index in [1.54, 1.807) is 44.2 Å². The lowest BCUT2D eigenvalue weighted by Crippen LogP contribution is -2.10. The molecule has 0 heterocycles. The summed E-state index contributed by atoms with van der Waals surface area (Å²) in [5, 5.41) is 0. The Hall–Kier alpha value is -1.42. The van der Waals surface area contributed by atoms with Crippen molar-refractivity contribution in [3.8, 4) is 0 Å². The van der Waals surface area contributed by atoms with Gasteiger partial charge in [0.15, 0.2) is 0 Å². The third-order valence-electron chi connectivity index (χ3n) is 2.37. The molecule has 1 rings (SSSR count). The first-order valence-corrected chi connectivity index (χ1v) is 7.84. The summed E-state index contributed by atoms with van der Waals surface area (Å²) in [5.41, 5.74) is 1.07. The molecule has 0 saturated carbocycles. The van der Waals surface area contributed by atoms with Gasteiger partial charge < -0.3 is 4.52 Å². The lowest BCUT2D eigenvalue weighted by Gasteiger charge is -2.16. The third-order valence-corrected chi connectivity index (χ3v) is 3.91. The van der Waals surface area contributed by atoms with Crippen molar-refractivity contribution in [3.05, 3.63) is 48.0 Å². The molecule has 20 heavy (non-hydrogen) atoms. The maximum Gasteiger partial charge on any atom is 0.532 e. The van der Waals surface area contributed by atoms with E-state index in [-0.39, 0.29) is 13.2 Å². The summed E-state index contributed by atoms with van der Waals surface area (Å²) in [6.07, 6.45) is 2.19. The Balaban J connectivity index is 2.94. The lowest BCUT2D eigenvalue weighted by molar-refractivity contribution is 0.0605. The molecule has 0 aliphatic heterocycles. The van der Waals surface area contributed by atoms with Gasteiger partial charge in [-0.1, -0.05) is 24.3 Å². The molecule has 0 saturated heterocycles. The molecule has 1 aromatic rings. The first-order chi connectivity index (χ1) is 9.56. The minimum absolute atomic E-state index is 0.124. The van der Waals surface area contributed by atoms with Gasteiger partial charge in [0.25, 0.3) is 0 Å². The number of hydrogen-bond acceptors (Lipinski definition) is 5. The first kappa shape index (κ1) is 16.6. The number of phosphoric acid groups is 1. The van der Waals surface area contributed by atoms with Gasteiger partial charge in [-0.05, 0) is 31.9 Å². The highest BCUT2D eigenvalue weighted by Gasteiger charge is 2.31. The predicted molar refractivity (Wildman–Crippen MR) is 76.6 cm³/mol. The van der Waals surface area contributed by atoms with E-state index in [0.717, 1.165) is 5.56 Å². The highest BCUT2D eigenvalue weighted by Crippen LogP contribution is 2.49. The average Bonchev–Trinajstić information content (AvgIpc) is 2.40. The van der Waals surface area contributed by atoms with E-state index in [9.17, 15) is 9.36 Å². The van der Waals surface area contributed by atoms with Crippen LogP contribution in [0.15, 0.2) is 36.9 Å². The molecule has 0 spiro atoms. The van der Waals surface area contributed by atoms with Crippen LogP contribution in [-0.4, -0.2) is 19.2 Å². The van der Waals surface area contributed by atoms with Crippen LogP contribution in [0, 0.1) is 0 Å². The van der Waals surface area contributed by atoms with Crippen LogP contribution in [0.3, 0.4) is 0 Å². The highest BCUT2D eigenvalue weighted by atomic mass is 31.2. The highest BCUT2D eigenvalue weighted by molar-refractivity contribution is 7.49. The SMILES string of the molecule is C=CCc1ccccc1C(=O)OP(=O)(OCC)OCC. The summed E-state index contributed by atoms with van der Waals surface area (Å²) in [6, 6.07) is 6.89. The topological polar surface area (TPSA) is 61.8 Å². The van der Waals surface area contributed by atoms with Gasteiger partial charge in [0.05, 0.1) is 18.8 Å². The van der Waals surface area contributed by atoms with Gasteiger partial charge in [0, 0.05) is 0 Å². The molecule has 0 radical (unpaired) electrons. The summed E-state index contributed by atoms with van der Waals surface area (Å²) in [4.78, 5) is 12.1.